The quantitative estimate of drug-likeness (QED) is 0.691. The first-order valence-electron chi connectivity index (χ1n) is 8.86. The number of nitrogens with two attached hydrogens (primary N) is 1. The number of aliphatic hydroxyl groups is 1. The van der Waals surface area contributed by atoms with Crippen molar-refractivity contribution < 1.29 is 19.2 Å². The van der Waals surface area contributed by atoms with Crippen molar-refractivity contribution in [1.29, 1.82) is 0 Å². The van der Waals surface area contributed by atoms with Gasteiger partial charge in [-0.05, 0) is 37.6 Å². The largest absolute Gasteiger partial charge is 0.494 e. The minimum atomic E-state index is -0.445. The van der Waals surface area contributed by atoms with E-state index in [0.717, 1.165) is 36.7 Å². The Kier molecular flexibility index (Phi) is 5.90. The van der Waals surface area contributed by atoms with Gasteiger partial charge in [-0.1, -0.05) is 5.16 Å². The summed E-state index contributed by atoms with van der Waals surface area (Å²) in [5, 5.41) is 14.2. The Morgan fingerprint density at radius 3 is 2.81 bits per heavy atom. The van der Waals surface area contributed by atoms with Crippen molar-refractivity contribution in [2.24, 2.45) is 11.7 Å². The molecule has 26 heavy (non-hydrogen) atoms. The summed E-state index contributed by atoms with van der Waals surface area (Å²) < 4.78 is 10.9. The van der Waals surface area contributed by atoms with E-state index in [-0.39, 0.29) is 12.0 Å². The molecule has 0 saturated carbocycles. The molecule has 1 aliphatic rings. The number of aromatic nitrogens is 1. The van der Waals surface area contributed by atoms with Gasteiger partial charge in [-0.25, -0.2) is 0 Å². The van der Waals surface area contributed by atoms with E-state index in [9.17, 15) is 9.90 Å². The smallest absolute Gasteiger partial charge is 0.248 e. The summed E-state index contributed by atoms with van der Waals surface area (Å²) >= 11 is 0. The summed E-state index contributed by atoms with van der Waals surface area (Å²) in [6.07, 6.45) is 1.22. The van der Waals surface area contributed by atoms with E-state index < -0.39 is 5.91 Å². The van der Waals surface area contributed by atoms with Crippen LogP contribution in [-0.2, 0) is 6.42 Å². The van der Waals surface area contributed by atoms with Gasteiger partial charge in [-0.2, -0.15) is 0 Å². The molecule has 7 nitrogen and oxygen atoms in total. The lowest BCUT2D eigenvalue weighted by atomic mass is 10.0. The molecule has 1 amide bonds. The molecule has 2 heterocycles. The minimum Gasteiger partial charge on any atom is -0.494 e. The summed E-state index contributed by atoms with van der Waals surface area (Å²) in [7, 11) is 0. The predicted octanol–water partition coefficient (Wildman–Crippen LogP) is 1.39. The molecular weight excluding hydrogens is 334 g/mol. The average Bonchev–Trinajstić information content (AvgIpc) is 3.18. The fourth-order valence-corrected chi connectivity index (χ4v) is 3.29. The molecule has 1 saturated heterocycles. The van der Waals surface area contributed by atoms with Gasteiger partial charge in [0.15, 0.2) is 0 Å². The Labute approximate surface area is 152 Å². The zero-order valence-corrected chi connectivity index (χ0v) is 14.9. The van der Waals surface area contributed by atoms with Crippen LogP contribution in [0.15, 0.2) is 34.9 Å². The normalized spacial score (nSPS) is 20.4. The van der Waals surface area contributed by atoms with Crippen molar-refractivity contribution in [3.05, 3.63) is 47.3 Å². The van der Waals surface area contributed by atoms with Crippen molar-refractivity contribution in [3.8, 4) is 5.75 Å². The van der Waals surface area contributed by atoms with Crippen molar-refractivity contribution in [1.82, 2.24) is 10.1 Å². The number of primary amides is 1. The molecule has 0 unspecified atom stereocenters. The lowest BCUT2D eigenvalue weighted by Gasteiger charge is -2.15. The number of aliphatic hydroxyl groups excluding tert-OH is 1. The van der Waals surface area contributed by atoms with E-state index in [1.807, 2.05) is 13.0 Å². The van der Waals surface area contributed by atoms with E-state index in [1.165, 1.54) is 0 Å². The van der Waals surface area contributed by atoms with Gasteiger partial charge in [0, 0.05) is 43.6 Å². The van der Waals surface area contributed by atoms with E-state index in [2.05, 4.69) is 10.1 Å². The number of rotatable bonds is 8. The van der Waals surface area contributed by atoms with Gasteiger partial charge in [0.2, 0.25) is 5.91 Å². The molecule has 0 spiro atoms. The molecule has 3 N–H and O–H groups in total. The van der Waals surface area contributed by atoms with Crippen molar-refractivity contribution >= 4 is 5.91 Å². The molecule has 1 aromatic heterocycles. The Morgan fingerprint density at radius 1 is 1.38 bits per heavy atom. The number of carbonyl (C=O) groups is 1. The van der Waals surface area contributed by atoms with Gasteiger partial charge in [0.05, 0.1) is 18.4 Å². The Balaban J connectivity index is 1.38. The molecule has 0 aliphatic carbocycles. The highest BCUT2D eigenvalue weighted by Gasteiger charge is 2.31. The number of hydrogen-bond donors (Lipinski definition) is 2. The number of nitrogens with zero attached hydrogens (tertiary/aromatic N) is 2. The van der Waals surface area contributed by atoms with Crippen LogP contribution in [0.4, 0.5) is 0 Å². The summed E-state index contributed by atoms with van der Waals surface area (Å²) in [5.41, 5.74) is 6.55. The molecule has 2 aromatic rings. The van der Waals surface area contributed by atoms with Crippen LogP contribution in [0, 0.1) is 12.8 Å². The molecule has 0 radical (unpaired) electrons. The third kappa shape index (κ3) is 4.83. The van der Waals surface area contributed by atoms with Crippen LogP contribution >= 0.6 is 0 Å². The molecule has 7 heteroatoms. The molecule has 1 aliphatic heterocycles. The van der Waals surface area contributed by atoms with Crippen molar-refractivity contribution in [2.45, 2.75) is 25.9 Å². The highest BCUT2D eigenvalue weighted by Crippen LogP contribution is 2.22. The van der Waals surface area contributed by atoms with Crippen LogP contribution in [-0.4, -0.2) is 53.4 Å². The third-order valence-electron chi connectivity index (χ3n) is 4.65. The lowest BCUT2D eigenvalue weighted by Crippen LogP contribution is -2.24. The number of benzene rings is 1. The number of likely N-dealkylation sites (tertiary alicyclic amines) is 1. The topological polar surface area (TPSA) is 102 Å². The molecule has 3 rings (SSSR count). The van der Waals surface area contributed by atoms with Gasteiger partial charge in [0.1, 0.15) is 11.5 Å². The summed E-state index contributed by atoms with van der Waals surface area (Å²) in [6, 6.07) is 8.73. The van der Waals surface area contributed by atoms with Crippen LogP contribution in [0.3, 0.4) is 0 Å². The standard InChI is InChI=1S/C19H25N3O4/c1-13-9-17(26-21-13)10-15-11-22(12-18(15)23)7-2-8-25-16-5-3-14(4-6-16)19(20)24/h3-6,9,15,18,23H,2,7-8,10-12H2,1H3,(H2,20,24)/t15-,18-/m1/s1. The molecule has 1 aromatic carbocycles. The van der Waals surface area contributed by atoms with Crippen molar-refractivity contribution in [3.63, 3.8) is 0 Å². The van der Waals surface area contributed by atoms with E-state index in [4.69, 9.17) is 15.0 Å². The number of β-amino-alcohol motifs (C(OH)–C–C–N with tert-alkyl or cyclic N) is 1. The summed E-state index contributed by atoms with van der Waals surface area (Å²) in [5.74, 6) is 1.27. The van der Waals surface area contributed by atoms with Crippen LogP contribution in [0.2, 0.25) is 0 Å². The van der Waals surface area contributed by atoms with Crippen LogP contribution < -0.4 is 10.5 Å². The number of aryl methyl sites for hydroxylation is 1. The maximum Gasteiger partial charge on any atom is 0.248 e. The zero-order chi connectivity index (χ0) is 18.5. The maximum atomic E-state index is 11.0. The van der Waals surface area contributed by atoms with Gasteiger partial charge >= 0.3 is 0 Å². The minimum absolute atomic E-state index is 0.171. The lowest BCUT2D eigenvalue weighted by molar-refractivity contribution is 0.1000. The average molecular weight is 359 g/mol. The molecule has 1 fully saturated rings. The molecule has 140 valence electrons. The third-order valence-corrected chi connectivity index (χ3v) is 4.65. The number of hydrogen-bond acceptors (Lipinski definition) is 6. The van der Waals surface area contributed by atoms with E-state index >= 15 is 0 Å². The summed E-state index contributed by atoms with van der Waals surface area (Å²) in [4.78, 5) is 13.3. The second kappa shape index (κ2) is 8.33. The Hall–Kier alpha value is -2.38. The highest BCUT2D eigenvalue weighted by atomic mass is 16.5. The Morgan fingerprint density at radius 2 is 2.15 bits per heavy atom. The first-order valence-corrected chi connectivity index (χ1v) is 8.86. The molecular formula is C19H25N3O4. The fourth-order valence-electron chi connectivity index (χ4n) is 3.29. The van der Waals surface area contributed by atoms with Crippen LogP contribution in [0.1, 0.15) is 28.2 Å². The Bertz CT molecular complexity index is 729. The van der Waals surface area contributed by atoms with Crippen LogP contribution in [0.5, 0.6) is 5.75 Å². The predicted molar refractivity (Wildman–Crippen MR) is 96.0 cm³/mol. The van der Waals surface area contributed by atoms with Gasteiger partial charge in [-0.3, -0.25) is 4.79 Å². The molecule has 0 bridgehead atoms. The molecule has 2 atom stereocenters. The van der Waals surface area contributed by atoms with Crippen LogP contribution in [0.25, 0.3) is 0 Å². The highest BCUT2D eigenvalue weighted by molar-refractivity contribution is 5.92. The second-order valence-electron chi connectivity index (χ2n) is 6.82. The van der Waals surface area contributed by atoms with Gasteiger partial charge in [0.25, 0.3) is 0 Å². The number of amides is 1. The number of carbonyl (C=O) groups excluding carboxylic acids is 1. The zero-order valence-electron chi connectivity index (χ0n) is 14.9. The summed E-state index contributed by atoms with van der Waals surface area (Å²) in [6.45, 7) is 4.85. The SMILES string of the molecule is Cc1cc(C[C@@H]2CN(CCCOc3ccc(C(N)=O)cc3)C[C@H]2O)on1. The monoisotopic (exact) mass is 359 g/mol. The van der Waals surface area contributed by atoms with E-state index in [1.54, 1.807) is 24.3 Å². The van der Waals surface area contributed by atoms with Gasteiger partial charge in [-0.15, -0.1) is 0 Å². The fraction of sp³-hybridized carbons (Fsp3) is 0.474. The first kappa shape index (κ1) is 18.4. The van der Waals surface area contributed by atoms with E-state index in [0.29, 0.717) is 25.1 Å². The number of ether oxygens (including phenoxy) is 1. The van der Waals surface area contributed by atoms with Crippen molar-refractivity contribution in [2.75, 3.05) is 26.2 Å². The first-order chi connectivity index (χ1) is 12.5. The second-order valence-corrected chi connectivity index (χ2v) is 6.82. The maximum absolute atomic E-state index is 11.0. The van der Waals surface area contributed by atoms with Gasteiger partial charge < -0.3 is 25.0 Å².